The van der Waals surface area contributed by atoms with Gasteiger partial charge in [-0.2, -0.15) is 0 Å². The predicted molar refractivity (Wildman–Crippen MR) is 118 cm³/mol. The Kier molecular flexibility index (Phi) is 5.22. The SMILES string of the molecule is COc1ccc(-c2nc(NC(=O)c3cc(=O)[nH]c4ccc([N+](=O)[O-])cc34)sc2C)cc1. The van der Waals surface area contributed by atoms with E-state index in [9.17, 15) is 19.7 Å². The van der Waals surface area contributed by atoms with E-state index in [-0.39, 0.29) is 16.6 Å². The molecule has 2 heterocycles. The van der Waals surface area contributed by atoms with Crippen molar-refractivity contribution in [2.24, 2.45) is 0 Å². The van der Waals surface area contributed by atoms with E-state index in [1.807, 2.05) is 31.2 Å². The first-order valence-electron chi connectivity index (χ1n) is 9.10. The fourth-order valence-electron chi connectivity index (χ4n) is 3.17. The van der Waals surface area contributed by atoms with E-state index in [0.717, 1.165) is 22.3 Å². The molecule has 0 fully saturated rings. The maximum atomic E-state index is 12.9. The van der Waals surface area contributed by atoms with Gasteiger partial charge in [0, 0.05) is 39.5 Å². The van der Waals surface area contributed by atoms with Crippen molar-refractivity contribution in [3.63, 3.8) is 0 Å². The Labute approximate surface area is 179 Å². The summed E-state index contributed by atoms with van der Waals surface area (Å²) in [6.07, 6.45) is 0. The highest BCUT2D eigenvalue weighted by molar-refractivity contribution is 7.16. The molecule has 0 spiro atoms. The van der Waals surface area contributed by atoms with Crippen LogP contribution in [0.3, 0.4) is 0 Å². The molecule has 2 aromatic heterocycles. The second kappa shape index (κ2) is 8.00. The second-order valence-corrected chi connectivity index (χ2v) is 7.84. The molecule has 0 aliphatic heterocycles. The van der Waals surface area contributed by atoms with Crippen LogP contribution in [0.4, 0.5) is 10.8 Å². The maximum absolute atomic E-state index is 12.9. The van der Waals surface area contributed by atoms with Crippen molar-refractivity contribution in [1.82, 2.24) is 9.97 Å². The largest absolute Gasteiger partial charge is 0.497 e. The standard InChI is InChI=1S/C21H16N4O5S/c1-11-19(12-3-6-14(30-2)7-4-12)23-21(31-11)24-20(27)16-10-18(26)22-17-8-5-13(25(28)29)9-15(16)17/h3-10H,1-2H3,(H,22,26)(H,23,24,27). The first kappa shape index (κ1) is 20.2. The third-order valence-corrected chi connectivity index (χ3v) is 5.55. The number of anilines is 1. The van der Waals surface area contributed by atoms with E-state index in [2.05, 4.69) is 15.3 Å². The van der Waals surface area contributed by atoms with Gasteiger partial charge < -0.3 is 9.72 Å². The number of fused-ring (bicyclic) bond motifs is 1. The van der Waals surface area contributed by atoms with E-state index >= 15 is 0 Å². The molecule has 0 saturated carbocycles. The van der Waals surface area contributed by atoms with E-state index in [1.165, 1.54) is 29.5 Å². The smallest absolute Gasteiger partial charge is 0.270 e. The molecule has 4 rings (SSSR count). The molecular weight excluding hydrogens is 420 g/mol. The van der Waals surface area contributed by atoms with Gasteiger partial charge in [-0.3, -0.25) is 25.0 Å². The number of nitro groups is 1. The van der Waals surface area contributed by atoms with Crippen LogP contribution >= 0.6 is 11.3 Å². The Balaban J connectivity index is 1.68. The molecule has 9 nitrogen and oxygen atoms in total. The summed E-state index contributed by atoms with van der Waals surface area (Å²) in [6.45, 7) is 1.89. The van der Waals surface area contributed by atoms with Crippen LogP contribution in [0.25, 0.3) is 22.2 Å². The lowest BCUT2D eigenvalue weighted by Crippen LogP contribution is -2.17. The van der Waals surface area contributed by atoms with Crippen molar-refractivity contribution in [3.8, 4) is 17.0 Å². The quantitative estimate of drug-likeness (QED) is 0.358. The van der Waals surface area contributed by atoms with Crippen LogP contribution in [-0.2, 0) is 0 Å². The molecule has 4 aromatic rings. The molecule has 156 valence electrons. The highest BCUT2D eigenvalue weighted by atomic mass is 32.1. The number of pyridine rings is 1. The van der Waals surface area contributed by atoms with Gasteiger partial charge in [0.1, 0.15) is 5.75 Å². The fourth-order valence-corrected chi connectivity index (χ4v) is 4.01. The topological polar surface area (TPSA) is 127 Å². The zero-order valence-corrected chi connectivity index (χ0v) is 17.3. The lowest BCUT2D eigenvalue weighted by atomic mass is 10.1. The summed E-state index contributed by atoms with van der Waals surface area (Å²) < 4.78 is 5.17. The number of aromatic amines is 1. The predicted octanol–water partition coefficient (Wildman–Crippen LogP) is 4.13. The number of benzene rings is 2. The Bertz CT molecular complexity index is 1380. The number of carbonyl (C=O) groups is 1. The van der Waals surface area contributed by atoms with Gasteiger partial charge in [-0.15, -0.1) is 11.3 Å². The van der Waals surface area contributed by atoms with Crippen LogP contribution in [-0.4, -0.2) is 27.9 Å². The van der Waals surface area contributed by atoms with Crippen LogP contribution < -0.4 is 15.6 Å². The number of hydrogen-bond donors (Lipinski definition) is 2. The molecule has 31 heavy (non-hydrogen) atoms. The number of H-pyrrole nitrogens is 1. The monoisotopic (exact) mass is 436 g/mol. The van der Waals surface area contributed by atoms with Crippen LogP contribution in [0.2, 0.25) is 0 Å². The number of non-ortho nitro benzene ring substituents is 1. The van der Waals surface area contributed by atoms with Crippen LogP contribution in [0.5, 0.6) is 5.75 Å². The summed E-state index contributed by atoms with van der Waals surface area (Å²) >= 11 is 1.29. The number of methoxy groups -OCH3 is 1. The van der Waals surface area contributed by atoms with Crippen molar-refractivity contribution in [2.75, 3.05) is 12.4 Å². The highest BCUT2D eigenvalue weighted by Crippen LogP contribution is 2.32. The molecule has 0 radical (unpaired) electrons. The summed E-state index contributed by atoms with van der Waals surface area (Å²) in [4.78, 5) is 43.4. The number of nitrogens with one attached hydrogen (secondary N) is 2. The van der Waals surface area contributed by atoms with Crippen molar-refractivity contribution in [3.05, 3.63) is 79.4 Å². The van der Waals surface area contributed by atoms with Crippen molar-refractivity contribution < 1.29 is 14.5 Å². The van der Waals surface area contributed by atoms with Gasteiger partial charge in [-0.05, 0) is 37.3 Å². The van der Waals surface area contributed by atoms with Crippen molar-refractivity contribution >= 4 is 39.0 Å². The normalized spacial score (nSPS) is 10.8. The number of aromatic nitrogens is 2. The summed E-state index contributed by atoms with van der Waals surface area (Å²) in [7, 11) is 1.59. The third kappa shape index (κ3) is 4.01. The van der Waals surface area contributed by atoms with E-state index in [1.54, 1.807) is 7.11 Å². The number of thiazole rings is 1. The Morgan fingerprint density at radius 1 is 1.19 bits per heavy atom. The van der Waals surface area contributed by atoms with Gasteiger partial charge in [0.05, 0.1) is 23.3 Å². The second-order valence-electron chi connectivity index (χ2n) is 6.64. The minimum absolute atomic E-state index is 0.0290. The number of rotatable bonds is 5. The Hall–Kier alpha value is -4.05. The number of hydrogen-bond acceptors (Lipinski definition) is 7. The van der Waals surface area contributed by atoms with E-state index < -0.39 is 16.4 Å². The molecule has 10 heteroatoms. The fraction of sp³-hybridized carbons (Fsp3) is 0.0952. The molecule has 1 amide bonds. The lowest BCUT2D eigenvalue weighted by Gasteiger charge is -2.06. The zero-order chi connectivity index (χ0) is 22.1. The average Bonchev–Trinajstić information content (AvgIpc) is 3.12. The molecule has 0 aliphatic rings. The minimum Gasteiger partial charge on any atom is -0.497 e. The first-order valence-corrected chi connectivity index (χ1v) is 9.92. The summed E-state index contributed by atoms with van der Waals surface area (Å²) in [5, 5.41) is 14.4. The molecule has 0 unspecified atom stereocenters. The zero-order valence-electron chi connectivity index (χ0n) is 16.5. The summed E-state index contributed by atoms with van der Waals surface area (Å²) in [5.41, 5.74) is 1.28. The number of ether oxygens (including phenoxy) is 1. The Morgan fingerprint density at radius 3 is 2.61 bits per heavy atom. The van der Waals surface area contributed by atoms with Gasteiger partial charge in [-0.25, -0.2) is 4.98 Å². The average molecular weight is 436 g/mol. The van der Waals surface area contributed by atoms with Crippen LogP contribution in [0.15, 0.2) is 53.3 Å². The number of aryl methyl sites for hydroxylation is 1. The van der Waals surface area contributed by atoms with Crippen molar-refractivity contribution in [1.29, 1.82) is 0 Å². The van der Waals surface area contributed by atoms with Gasteiger partial charge in [-0.1, -0.05) is 0 Å². The van der Waals surface area contributed by atoms with E-state index in [0.29, 0.717) is 16.3 Å². The third-order valence-electron chi connectivity index (χ3n) is 4.66. The maximum Gasteiger partial charge on any atom is 0.270 e. The summed E-state index contributed by atoms with van der Waals surface area (Å²) in [6, 6.07) is 12.4. The van der Waals surface area contributed by atoms with Gasteiger partial charge in [0.2, 0.25) is 5.56 Å². The van der Waals surface area contributed by atoms with Gasteiger partial charge in [0.15, 0.2) is 5.13 Å². The van der Waals surface area contributed by atoms with Crippen LogP contribution in [0.1, 0.15) is 15.2 Å². The number of nitro benzene ring substituents is 1. The van der Waals surface area contributed by atoms with Gasteiger partial charge >= 0.3 is 0 Å². The summed E-state index contributed by atoms with van der Waals surface area (Å²) in [5.74, 6) is 0.145. The molecular formula is C21H16N4O5S. The first-order chi connectivity index (χ1) is 14.9. The molecule has 2 aromatic carbocycles. The molecule has 0 atom stereocenters. The highest BCUT2D eigenvalue weighted by Gasteiger charge is 2.18. The molecule has 0 saturated heterocycles. The number of amides is 1. The number of nitrogens with zero attached hydrogens (tertiary/aromatic N) is 2. The van der Waals surface area contributed by atoms with Crippen LogP contribution in [0, 0.1) is 17.0 Å². The lowest BCUT2D eigenvalue weighted by molar-refractivity contribution is -0.384. The Morgan fingerprint density at radius 2 is 1.94 bits per heavy atom. The number of carbonyl (C=O) groups excluding carboxylic acids is 1. The van der Waals surface area contributed by atoms with Crippen molar-refractivity contribution in [2.45, 2.75) is 6.92 Å². The molecule has 0 bridgehead atoms. The minimum atomic E-state index is -0.577. The van der Waals surface area contributed by atoms with Gasteiger partial charge in [0.25, 0.3) is 11.6 Å². The molecule has 2 N–H and O–H groups in total. The molecule has 0 aliphatic carbocycles. The van der Waals surface area contributed by atoms with E-state index in [4.69, 9.17) is 4.74 Å².